The van der Waals surface area contributed by atoms with E-state index in [1.807, 2.05) is 19.9 Å². The number of aryl methyl sites for hydroxylation is 1. The second-order valence-electron chi connectivity index (χ2n) is 7.56. The van der Waals surface area contributed by atoms with E-state index < -0.39 is 15.5 Å². The van der Waals surface area contributed by atoms with Crippen LogP contribution in [-0.2, 0) is 21.1 Å². The number of benzene rings is 1. The molecule has 8 heteroatoms. The van der Waals surface area contributed by atoms with Crippen molar-refractivity contribution in [3.8, 4) is 5.75 Å². The van der Waals surface area contributed by atoms with Crippen LogP contribution in [0.25, 0.3) is 11.0 Å². The highest BCUT2D eigenvalue weighted by molar-refractivity contribution is 7.91. The molecule has 3 rings (SSSR count). The predicted octanol–water partition coefficient (Wildman–Crippen LogP) is 2.29. The van der Waals surface area contributed by atoms with Crippen molar-refractivity contribution >= 4 is 26.7 Å². The van der Waals surface area contributed by atoms with E-state index >= 15 is 0 Å². The van der Waals surface area contributed by atoms with E-state index in [0.717, 1.165) is 16.5 Å². The quantitative estimate of drug-likeness (QED) is 0.546. The lowest BCUT2D eigenvalue weighted by molar-refractivity contribution is -0.121. The number of carbonyl (C=O) groups is 1. The first-order valence-electron chi connectivity index (χ1n) is 9.48. The minimum absolute atomic E-state index is 0.0222. The van der Waals surface area contributed by atoms with Crippen molar-refractivity contribution in [1.82, 2.24) is 5.32 Å². The number of fused-ring (bicyclic) bond motifs is 1. The Morgan fingerprint density at radius 1 is 1.38 bits per heavy atom. The molecular weight excluding hydrogens is 394 g/mol. The summed E-state index contributed by atoms with van der Waals surface area (Å²) in [6.07, 6.45) is 0.748. The molecule has 1 aliphatic rings. The summed E-state index contributed by atoms with van der Waals surface area (Å²) in [5, 5.41) is 3.52. The first-order chi connectivity index (χ1) is 13.6. The summed E-state index contributed by atoms with van der Waals surface area (Å²) in [5.74, 6) is 0.394. The first kappa shape index (κ1) is 21.1. The largest absolute Gasteiger partial charge is 0.489 e. The SMILES string of the molecule is C=C(C)COc1ccc2c(C)c(CCC(=O)N[C@@H]3CCS(=O)(=O)C3)c(=O)oc2c1. The summed E-state index contributed by atoms with van der Waals surface area (Å²) in [7, 11) is -3.05. The molecule has 0 aliphatic carbocycles. The molecular formula is C21H25NO6S. The van der Waals surface area contributed by atoms with Crippen LogP contribution in [0.4, 0.5) is 0 Å². The summed E-state index contributed by atoms with van der Waals surface area (Å²) in [6.45, 7) is 7.85. The number of sulfone groups is 1. The maximum atomic E-state index is 12.4. The molecule has 1 N–H and O–H groups in total. The fourth-order valence-electron chi connectivity index (χ4n) is 3.41. The van der Waals surface area contributed by atoms with Gasteiger partial charge in [0, 0.05) is 29.5 Å². The first-order valence-corrected chi connectivity index (χ1v) is 11.3. The Kier molecular flexibility index (Phi) is 6.12. The number of hydrogen-bond acceptors (Lipinski definition) is 6. The average molecular weight is 419 g/mol. The smallest absolute Gasteiger partial charge is 0.339 e. The standard InChI is InChI=1S/C21H25NO6S/c1-13(2)11-27-16-4-5-17-14(3)18(21(24)28-19(17)10-16)6-7-20(23)22-15-8-9-29(25,26)12-15/h4-5,10,15H,1,6-9,11-12H2,2-3H3,(H,22,23)/t15-/m1/s1. The van der Waals surface area contributed by atoms with E-state index in [1.54, 1.807) is 12.1 Å². The fraction of sp³-hybridized carbons (Fsp3) is 0.429. The number of amides is 1. The molecule has 1 amide bonds. The van der Waals surface area contributed by atoms with Crippen LogP contribution in [0.2, 0.25) is 0 Å². The van der Waals surface area contributed by atoms with Gasteiger partial charge in [-0.2, -0.15) is 0 Å². The zero-order chi connectivity index (χ0) is 21.2. The fourth-order valence-corrected chi connectivity index (χ4v) is 5.08. The van der Waals surface area contributed by atoms with E-state index in [2.05, 4.69) is 11.9 Å². The number of nitrogens with one attached hydrogen (secondary N) is 1. The molecule has 1 saturated heterocycles. The lowest BCUT2D eigenvalue weighted by Gasteiger charge is -2.12. The normalized spacial score (nSPS) is 17.9. The molecule has 7 nitrogen and oxygen atoms in total. The molecule has 0 unspecified atom stereocenters. The van der Waals surface area contributed by atoms with Crippen LogP contribution < -0.4 is 15.7 Å². The summed E-state index contributed by atoms with van der Waals surface area (Å²) in [6, 6.07) is 4.95. The summed E-state index contributed by atoms with van der Waals surface area (Å²) in [5.41, 5.74) is 2.03. The van der Waals surface area contributed by atoms with Crippen LogP contribution in [-0.4, -0.2) is 38.5 Å². The molecule has 0 bridgehead atoms. The Bertz CT molecular complexity index is 1120. The van der Waals surface area contributed by atoms with Gasteiger partial charge < -0.3 is 14.5 Å². The monoisotopic (exact) mass is 419 g/mol. The Balaban J connectivity index is 1.71. The highest BCUT2D eigenvalue weighted by atomic mass is 32.2. The van der Waals surface area contributed by atoms with Crippen LogP contribution >= 0.6 is 0 Å². The Morgan fingerprint density at radius 3 is 2.79 bits per heavy atom. The molecule has 1 aromatic heterocycles. The second kappa shape index (κ2) is 8.41. The van der Waals surface area contributed by atoms with Crippen LogP contribution in [0.1, 0.15) is 30.9 Å². The molecule has 1 aromatic carbocycles. The highest BCUT2D eigenvalue weighted by Crippen LogP contribution is 2.25. The van der Waals surface area contributed by atoms with Gasteiger partial charge in [-0.05, 0) is 50.0 Å². The summed E-state index contributed by atoms with van der Waals surface area (Å²) < 4.78 is 34.0. The zero-order valence-corrected chi connectivity index (χ0v) is 17.4. The molecule has 0 saturated carbocycles. The van der Waals surface area contributed by atoms with Gasteiger partial charge in [0.15, 0.2) is 9.84 Å². The number of rotatable bonds is 7. The van der Waals surface area contributed by atoms with Crippen molar-refractivity contribution in [2.75, 3.05) is 18.1 Å². The highest BCUT2D eigenvalue weighted by Gasteiger charge is 2.28. The summed E-state index contributed by atoms with van der Waals surface area (Å²) in [4.78, 5) is 24.6. The van der Waals surface area contributed by atoms with Crippen molar-refractivity contribution in [3.05, 3.63) is 51.9 Å². The molecule has 1 atom stereocenters. The predicted molar refractivity (Wildman–Crippen MR) is 111 cm³/mol. The molecule has 29 heavy (non-hydrogen) atoms. The van der Waals surface area contributed by atoms with Gasteiger partial charge in [-0.1, -0.05) is 6.58 Å². The average Bonchev–Trinajstić information content (AvgIpc) is 2.97. The van der Waals surface area contributed by atoms with Gasteiger partial charge in [-0.3, -0.25) is 4.79 Å². The molecule has 1 aliphatic heterocycles. The van der Waals surface area contributed by atoms with Gasteiger partial charge in [-0.15, -0.1) is 0 Å². The van der Waals surface area contributed by atoms with Gasteiger partial charge in [-0.25, -0.2) is 13.2 Å². The van der Waals surface area contributed by atoms with Crippen molar-refractivity contribution in [1.29, 1.82) is 0 Å². The van der Waals surface area contributed by atoms with Crippen molar-refractivity contribution in [2.45, 2.75) is 39.2 Å². The third-order valence-corrected chi connectivity index (χ3v) is 6.71. The van der Waals surface area contributed by atoms with Crippen LogP contribution in [0.3, 0.4) is 0 Å². The molecule has 2 heterocycles. The van der Waals surface area contributed by atoms with Gasteiger partial charge in [0.1, 0.15) is 17.9 Å². The number of ether oxygens (including phenoxy) is 1. The van der Waals surface area contributed by atoms with Gasteiger partial charge in [0.25, 0.3) is 0 Å². The number of carbonyl (C=O) groups excluding carboxylic acids is 1. The summed E-state index contributed by atoms with van der Waals surface area (Å²) >= 11 is 0. The van der Waals surface area contributed by atoms with Crippen LogP contribution in [0, 0.1) is 6.92 Å². The molecule has 156 valence electrons. The maximum absolute atomic E-state index is 12.4. The topological polar surface area (TPSA) is 103 Å². The molecule has 2 aromatic rings. The van der Waals surface area contributed by atoms with E-state index in [-0.39, 0.29) is 36.3 Å². The van der Waals surface area contributed by atoms with Gasteiger partial charge in [0.05, 0.1) is 11.5 Å². The molecule has 1 fully saturated rings. The van der Waals surface area contributed by atoms with Gasteiger partial charge in [0.2, 0.25) is 5.91 Å². The Hall–Kier alpha value is -2.61. The lowest BCUT2D eigenvalue weighted by atomic mass is 10.0. The van der Waals surface area contributed by atoms with Crippen molar-refractivity contribution in [2.24, 2.45) is 0 Å². The van der Waals surface area contributed by atoms with Crippen LogP contribution in [0.5, 0.6) is 5.75 Å². The third kappa shape index (κ3) is 5.26. The second-order valence-corrected chi connectivity index (χ2v) is 9.79. The van der Waals surface area contributed by atoms with Crippen LogP contribution in [0.15, 0.2) is 39.6 Å². The Labute approximate surface area is 169 Å². The zero-order valence-electron chi connectivity index (χ0n) is 16.6. The maximum Gasteiger partial charge on any atom is 0.339 e. The lowest BCUT2D eigenvalue weighted by Crippen LogP contribution is -2.35. The van der Waals surface area contributed by atoms with E-state index in [4.69, 9.17) is 9.15 Å². The van der Waals surface area contributed by atoms with E-state index in [9.17, 15) is 18.0 Å². The Morgan fingerprint density at radius 2 is 2.14 bits per heavy atom. The molecule has 0 spiro atoms. The van der Waals surface area contributed by atoms with Crippen molar-refractivity contribution < 1.29 is 22.4 Å². The van der Waals surface area contributed by atoms with Gasteiger partial charge >= 0.3 is 5.63 Å². The number of hydrogen-bond donors (Lipinski definition) is 1. The van der Waals surface area contributed by atoms with E-state index in [0.29, 0.717) is 29.9 Å². The third-order valence-electron chi connectivity index (χ3n) is 4.94. The minimum atomic E-state index is -3.05. The van der Waals surface area contributed by atoms with Crippen molar-refractivity contribution in [3.63, 3.8) is 0 Å². The molecule has 0 radical (unpaired) electrons. The minimum Gasteiger partial charge on any atom is -0.489 e. The van der Waals surface area contributed by atoms with E-state index in [1.165, 1.54) is 0 Å².